The Morgan fingerprint density at radius 2 is 0.885 bits per heavy atom. The van der Waals surface area contributed by atoms with Crippen molar-refractivity contribution in [2.75, 3.05) is 0 Å². The van der Waals surface area contributed by atoms with Crippen molar-refractivity contribution in [2.24, 2.45) is 0 Å². The van der Waals surface area contributed by atoms with Gasteiger partial charge in [-0.3, -0.25) is 9.97 Å². The molecule has 0 aliphatic carbocycles. The summed E-state index contributed by atoms with van der Waals surface area (Å²) in [4.78, 5) is 19.6. The summed E-state index contributed by atoms with van der Waals surface area (Å²) in [5.41, 5.74) is 14.7. The smallest absolute Gasteiger partial charge is 0.0970 e. The summed E-state index contributed by atoms with van der Waals surface area (Å²) < 4.78 is 0. The average Bonchev–Trinajstić information content (AvgIpc) is 3.23. The number of pyridine rings is 4. The molecule has 0 saturated carbocycles. The van der Waals surface area contributed by atoms with Crippen LogP contribution in [-0.4, -0.2) is 19.9 Å². The van der Waals surface area contributed by atoms with Crippen LogP contribution < -0.4 is 0 Å². The van der Waals surface area contributed by atoms with Crippen molar-refractivity contribution in [1.82, 2.24) is 19.9 Å². The largest absolute Gasteiger partial charge is 0.254 e. The molecule has 52 heavy (non-hydrogen) atoms. The third-order valence-corrected chi connectivity index (χ3v) is 9.96. The van der Waals surface area contributed by atoms with E-state index in [4.69, 9.17) is 9.97 Å². The molecule has 242 valence electrons. The quantitative estimate of drug-likeness (QED) is 0.172. The van der Waals surface area contributed by atoms with Crippen molar-refractivity contribution >= 4 is 43.6 Å². The first-order valence-corrected chi connectivity index (χ1v) is 17.4. The second-order valence-electron chi connectivity index (χ2n) is 13.1. The minimum Gasteiger partial charge on any atom is -0.254 e. The average molecular weight is 663 g/mol. The van der Waals surface area contributed by atoms with Gasteiger partial charge in [0.05, 0.1) is 33.5 Å². The molecule has 0 saturated heterocycles. The Labute approximate surface area is 300 Å². The second-order valence-corrected chi connectivity index (χ2v) is 13.1. The summed E-state index contributed by atoms with van der Waals surface area (Å²) in [6.45, 7) is 0. The van der Waals surface area contributed by atoms with E-state index in [0.717, 1.165) is 82.8 Å². The summed E-state index contributed by atoms with van der Waals surface area (Å²) in [5.74, 6) is 0. The highest BCUT2D eigenvalue weighted by Gasteiger charge is 2.11. The van der Waals surface area contributed by atoms with E-state index in [1.54, 1.807) is 0 Å². The highest BCUT2D eigenvalue weighted by molar-refractivity contribution is 6.08. The molecule has 10 rings (SSSR count). The molecule has 0 bridgehead atoms. The molecule has 10 aromatic rings. The van der Waals surface area contributed by atoms with E-state index in [0.29, 0.717) is 0 Å². The maximum atomic E-state index is 5.14. The fourth-order valence-corrected chi connectivity index (χ4v) is 7.23. The number of benzene rings is 6. The molecule has 0 N–H and O–H groups in total. The van der Waals surface area contributed by atoms with Gasteiger partial charge in [0.2, 0.25) is 0 Å². The Hall–Kier alpha value is -7.04. The van der Waals surface area contributed by atoms with Gasteiger partial charge in [0, 0.05) is 45.1 Å². The summed E-state index contributed by atoms with van der Waals surface area (Å²) in [6.07, 6.45) is 3.70. The SMILES string of the molecule is c1ccc(-c2cccc(-c3ccc4ccc(-c5ccc6ccc(-c7ccc(-c8ccnc9c8ccc8cccnc89)cc7)nc6c5)nc4c3)c2)cc1. The Balaban J connectivity index is 0.962. The Kier molecular flexibility index (Phi) is 7.10. The summed E-state index contributed by atoms with van der Waals surface area (Å²) in [6, 6.07) is 59.7. The number of rotatable bonds is 5. The van der Waals surface area contributed by atoms with Gasteiger partial charge in [-0.05, 0) is 75.8 Å². The molecule has 4 heteroatoms. The van der Waals surface area contributed by atoms with Gasteiger partial charge in [0.15, 0.2) is 0 Å². The maximum Gasteiger partial charge on any atom is 0.0970 e. The summed E-state index contributed by atoms with van der Waals surface area (Å²) in [5, 5.41) is 4.39. The zero-order chi connectivity index (χ0) is 34.4. The molecule has 0 amide bonds. The van der Waals surface area contributed by atoms with Gasteiger partial charge in [-0.15, -0.1) is 0 Å². The number of hydrogen-bond acceptors (Lipinski definition) is 4. The molecular formula is C48H30N4. The fraction of sp³-hybridized carbons (Fsp3) is 0. The number of aromatic nitrogens is 4. The molecule has 0 spiro atoms. The lowest BCUT2D eigenvalue weighted by atomic mass is 9.98. The Morgan fingerprint density at radius 3 is 1.67 bits per heavy atom. The first-order chi connectivity index (χ1) is 25.7. The normalized spacial score (nSPS) is 11.5. The maximum absolute atomic E-state index is 5.14. The zero-order valence-corrected chi connectivity index (χ0v) is 28.1. The first-order valence-electron chi connectivity index (χ1n) is 17.4. The zero-order valence-electron chi connectivity index (χ0n) is 28.1. The standard InChI is InChI=1S/C48H30N4/c1-2-6-31(7-3-1)37-8-4-9-38(28-37)39-17-15-34-21-24-44(52-45(34)29-39)40-18-16-35-20-23-43(51-46(35)30-40)33-13-11-32(12-14-33)41-25-27-50-48-42(41)22-19-36-10-5-26-49-47(36)48/h1-30H. The highest BCUT2D eigenvalue weighted by Crippen LogP contribution is 2.34. The van der Waals surface area contributed by atoms with Crippen molar-refractivity contribution in [3.8, 4) is 55.9 Å². The molecule has 0 atom stereocenters. The third kappa shape index (κ3) is 5.34. The van der Waals surface area contributed by atoms with Crippen LogP contribution in [0.1, 0.15) is 0 Å². The summed E-state index contributed by atoms with van der Waals surface area (Å²) >= 11 is 0. The van der Waals surface area contributed by atoms with Gasteiger partial charge in [0.25, 0.3) is 0 Å². The van der Waals surface area contributed by atoms with Gasteiger partial charge in [-0.2, -0.15) is 0 Å². The molecule has 4 heterocycles. The van der Waals surface area contributed by atoms with Gasteiger partial charge in [-0.25, -0.2) is 9.97 Å². The van der Waals surface area contributed by atoms with E-state index in [1.165, 1.54) is 16.7 Å². The van der Waals surface area contributed by atoms with E-state index in [-0.39, 0.29) is 0 Å². The molecule has 6 aromatic carbocycles. The predicted molar refractivity (Wildman–Crippen MR) is 215 cm³/mol. The van der Waals surface area contributed by atoms with Crippen molar-refractivity contribution in [3.63, 3.8) is 0 Å². The lowest BCUT2D eigenvalue weighted by Gasteiger charge is -2.10. The van der Waals surface area contributed by atoms with Crippen molar-refractivity contribution in [1.29, 1.82) is 0 Å². The van der Waals surface area contributed by atoms with Crippen LogP contribution in [0, 0.1) is 0 Å². The monoisotopic (exact) mass is 662 g/mol. The lowest BCUT2D eigenvalue weighted by Crippen LogP contribution is -1.90. The van der Waals surface area contributed by atoms with Crippen LogP contribution in [0.2, 0.25) is 0 Å². The van der Waals surface area contributed by atoms with E-state index in [2.05, 4.69) is 168 Å². The van der Waals surface area contributed by atoms with Gasteiger partial charge in [-0.1, -0.05) is 127 Å². The number of fused-ring (bicyclic) bond motifs is 5. The highest BCUT2D eigenvalue weighted by atomic mass is 14.7. The van der Waals surface area contributed by atoms with Crippen LogP contribution >= 0.6 is 0 Å². The van der Waals surface area contributed by atoms with Crippen LogP contribution in [0.15, 0.2) is 182 Å². The molecule has 0 aliphatic heterocycles. The van der Waals surface area contributed by atoms with Crippen LogP contribution in [0.25, 0.3) is 99.5 Å². The second kappa shape index (κ2) is 12.4. The molecule has 0 radical (unpaired) electrons. The van der Waals surface area contributed by atoms with Gasteiger partial charge in [0.1, 0.15) is 0 Å². The number of nitrogens with zero attached hydrogens (tertiary/aromatic N) is 4. The molecule has 4 aromatic heterocycles. The Bertz CT molecular complexity index is 2950. The van der Waals surface area contributed by atoms with Gasteiger partial charge < -0.3 is 0 Å². The molecule has 4 nitrogen and oxygen atoms in total. The third-order valence-electron chi connectivity index (χ3n) is 9.96. The van der Waals surface area contributed by atoms with Crippen LogP contribution in [0.5, 0.6) is 0 Å². The van der Waals surface area contributed by atoms with E-state index in [1.807, 2.05) is 24.5 Å². The summed E-state index contributed by atoms with van der Waals surface area (Å²) in [7, 11) is 0. The molecule has 0 fully saturated rings. The minimum atomic E-state index is 0.918. The molecule has 0 unspecified atom stereocenters. The Morgan fingerprint density at radius 1 is 0.308 bits per heavy atom. The van der Waals surface area contributed by atoms with Crippen LogP contribution in [0.3, 0.4) is 0 Å². The van der Waals surface area contributed by atoms with E-state index in [9.17, 15) is 0 Å². The van der Waals surface area contributed by atoms with E-state index >= 15 is 0 Å². The van der Waals surface area contributed by atoms with Crippen molar-refractivity contribution in [2.45, 2.75) is 0 Å². The topological polar surface area (TPSA) is 51.6 Å². The van der Waals surface area contributed by atoms with Gasteiger partial charge >= 0.3 is 0 Å². The molecular weight excluding hydrogens is 633 g/mol. The predicted octanol–water partition coefficient (Wildman–Crippen LogP) is 12.2. The van der Waals surface area contributed by atoms with Crippen LogP contribution in [0.4, 0.5) is 0 Å². The number of hydrogen-bond donors (Lipinski definition) is 0. The fourth-order valence-electron chi connectivity index (χ4n) is 7.23. The molecule has 0 aliphatic rings. The minimum absolute atomic E-state index is 0.918. The van der Waals surface area contributed by atoms with Crippen molar-refractivity contribution in [3.05, 3.63) is 182 Å². The van der Waals surface area contributed by atoms with E-state index < -0.39 is 0 Å². The lowest BCUT2D eigenvalue weighted by molar-refractivity contribution is 1.37. The van der Waals surface area contributed by atoms with Crippen LogP contribution in [-0.2, 0) is 0 Å². The first kappa shape index (κ1) is 29.8. The van der Waals surface area contributed by atoms with Crippen molar-refractivity contribution < 1.29 is 0 Å².